The maximum absolute atomic E-state index is 5.02. The van der Waals surface area contributed by atoms with E-state index in [4.69, 9.17) is 9.05 Å². The number of nitrogens with one attached hydrogen (secondary N) is 1. The highest BCUT2D eigenvalue weighted by atomic mass is 16.5. The number of hydrogen-bond donors (Lipinski definition) is 1. The van der Waals surface area contributed by atoms with Crippen LogP contribution >= 0.6 is 0 Å². The highest BCUT2D eigenvalue weighted by Crippen LogP contribution is 2.01. The minimum atomic E-state index is 0.427. The zero-order chi connectivity index (χ0) is 13.7. The van der Waals surface area contributed by atoms with Crippen LogP contribution in [0.15, 0.2) is 26.4 Å². The summed E-state index contributed by atoms with van der Waals surface area (Å²) in [4.78, 5) is 10.2. The third-order valence-electron chi connectivity index (χ3n) is 2.43. The molecule has 0 bridgehead atoms. The van der Waals surface area contributed by atoms with Crippen LogP contribution in [-0.2, 0) is 13.1 Å². The van der Waals surface area contributed by atoms with E-state index >= 15 is 0 Å². The van der Waals surface area contributed by atoms with Crippen LogP contribution in [0.3, 0.4) is 0 Å². The quantitative estimate of drug-likeness (QED) is 0.637. The van der Waals surface area contributed by atoms with Crippen molar-refractivity contribution in [2.75, 3.05) is 14.1 Å². The Kier molecular flexibility index (Phi) is 4.11. The van der Waals surface area contributed by atoms with Crippen molar-refractivity contribution in [1.29, 1.82) is 0 Å². The molecule has 8 heteroatoms. The molecule has 8 nitrogen and oxygen atoms in total. The number of guanidine groups is 1. The normalized spacial score (nSPS) is 11.6. The molecule has 19 heavy (non-hydrogen) atoms. The van der Waals surface area contributed by atoms with E-state index < -0.39 is 0 Å². The topological polar surface area (TPSA) is 92.6 Å². The van der Waals surface area contributed by atoms with Crippen molar-refractivity contribution in [2.45, 2.75) is 20.0 Å². The second-order valence-corrected chi connectivity index (χ2v) is 3.98. The van der Waals surface area contributed by atoms with Crippen LogP contribution in [0.25, 0.3) is 0 Å². The number of nitrogens with zero attached hydrogens (tertiary/aromatic N) is 5. The first-order valence-electron chi connectivity index (χ1n) is 5.79. The van der Waals surface area contributed by atoms with Crippen LogP contribution in [0.2, 0.25) is 0 Å². The van der Waals surface area contributed by atoms with Gasteiger partial charge in [-0.25, -0.2) is 0 Å². The van der Waals surface area contributed by atoms with Crippen LogP contribution in [0.4, 0.5) is 0 Å². The number of hydrogen-bond acceptors (Lipinski definition) is 6. The predicted molar refractivity (Wildman–Crippen MR) is 67.2 cm³/mol. The largest absolute Gasteiger partial charge is 0.364 e. The molecule has 2 aromatic heterocycles. The van der Waals surface area contributed by atoms with Crippen molar-refractivity contribution in [3.8, 4) is 0 Å². The molecule has 0 amide bonds. The maximum Gasteiger partial charge on any atom is 0.246 e. The molecule has 0 radical (unpaired) electrons. The van der Waals surface area contributed by atoms with Gasteiger partial charge in [-0.3, -0.25) is 4.99 Å². The van der Waals surface area contributed by atoms with E-state index in [1.165, 1.54) is 0 Å². The van der Waals surface area contributed by atoms with Crippen molar-refractivity contribution in [2.24, 2.45) is 4.99 Å². The summed E-state index contributed by atoms with van der Waals surface area (Å²) in [6.45, 7) is 2.80. The third kappa shape index (κ3) is 3.54. The SMILES string of the molecule is CN=C(NCc1nc(C)no1)N(C)Cc1ccon1. The van der Waals surface area contributed by atoms with Gasteiger partial charge in [0.25, 0.3) is 0 Å². The van der Waals surface area contributed by atoms with Gasteiger partial charge in [0.2, 0.25) is 5.89 Å². The van der Waals surface area contributed by atoms with Gasteiger partial charge in [-0.05, 0) is 6.92 Å². The second kappa shape index (κ2) is 5.98. The summed E-state index contributed by atoms with van der Waals surface area (Å²) in [5.74, 6) is 1.84. The zero-order valence-electron chi connectivity index (χ0n) is 11.1. The lowest BCUT2D eigenvalue weighted by molar-refractivity contribution is 0.365. The molecule has 2 rings (SSSR count). The van der Waals surface area contributed by atoms with Crippen molar-refractivity contribution < 1.29 is 9.05 Å². The molecule has 0 unspecified atom stereocenters. The first kappa shape index (κ1) is 13.1. The van der Waals surface area contributed by atoms with Gasteiger partial charge in [0.15, 0.2) is 11.8 Å². The van der Waals surface area contributed by atoms with E-state index in [1.54, 1.807) is 20.2 Å². The number of aromatic nitrogens is 3. The molecule has 0 atom stereocenters. The molecule has 0 saturated heterocycles. The van der Waals surface area contributed by atoms with Crippen LogP contribution in [0.5, 0.6) is 0 Å². The Morgan fingerprint density at radius 2 is 2.32 bits per heavy atom. The smallest absolute Gasteiger partial charge is 0.246 e. The summed E-state index contributed by atoms with van der Waals surface area (Å²) >= 11 is 0. The monoisotopic (exact) mass is 264 g/mol. The zero-order valence-corrected chi connectivity index (χ0v) is 11.1. The fourth-order valence-electron chi connectivity index (χ4n) is 1.59. The van der Waals surface area contributed by atoms with E-state index in [-0.39, 0.29) is 0 Å². The Bertz CT molecular complexity index is 533. The highest BCUT2D eigenvalue weighted by Gasteiger charge is 2.10. The number of aryl methyl sites for hydroxylation is 1. The van der Waals surface area contributed by atoms with Gasteiger partial charge >= 0.3 is 0 Å². The average molecular weight is 264 g/mol. The fourth-order valence-corrected chi connectivity index (χ4v) is 1.59. The lowest BCUT2D eigenvalue weighted by Crippen LogP contribution is -2.38. The summed E-state index contributed by atoms with van der Waals surface area (Å²) in [7, 11) is 3.61. The Hall–Kier alpha value is -2.38. The van der Waals surface area contributed by atoms with Crippen LogP contribution < -0.4 is 5.32 Å². The van der Waals surface area contributed by atoms with E-state index in [0.29, 0.717) is 30.8 Å². The fraction of sp³-hybridized carbons (Fsp3) is 0.455. The maximum atomic E-state index is 5.02. The van der Waals surface area contributed by atoms with E-state index in [2.05, 4.69) is 25.6 Å². The minimum Gasteiger partial charge on any atom is -0.364 e. The van der Waals surface area contributed by atoms with Gasteiger partial charge in [-0.1, -0.05) is 10.3 Å². The molecule has 0 saturated carbocycles. The Morgan fingerprint density at radius 1 is 1.47 bits per heavy atom. The van der Waals surface area contributed by atoms with Crippen molar-refractivity contribution >= 4 is 5.96 Å². The standard InChI is InChI=1S/C11H16N6O2/c1-8-14-10(19-15-8)6-13-11(12-2)17(3)7-9-4-5-18-16-9/h4-5H,6-7H2,1-3H3,(H,12,13). The van der Waals surface area contributed by atoms with Gasteiger partial charge in [0.05, 0.1) is 13.1 Å². The molecule has 0 spiro atoms. The summed E-state index contributed by atoms with van der Waals surface area (Å²) in [6.07, 6.45) is 1.54. The van der Waals surface area contributed by atoms with Crippen molar-refractivity contribution in [3.05, 3.63) is 29.7 Å². The van der Waals surface area contributed by atoms with Gasteiger partial charge in [-0.15, -0.1) is 0 Å². The summed E-state index contributed by atoms with van der Waals surface area (Å²) in [5, 5.41) is 10.7. The molecule has 2 aromatic rings. The van der Waals surface area contributed by atoms with Crippen molar-refractivity contribution in [1.82, 2.24) is 25.5 Å². The van der Waals surface area contributed by atoms with Gasteiger partial charge in [0.1, 0.15) is 12.0 Å². The summed E-state index contributed by atoms with van der Waals surface area (Å²) in [6, 6.07) is 1.81. The first-order valence-corrected chi connectivity index (χ1v) is 5.79. The molecule has 0 aliphatic rings. The molecule has 1 N–H and O–H groups in total. The van der Waals surface area contributed by atoms with Crippen LogP contribution in [0, 0.1) is 6.92 Å². The average Bonchev–Trinajstić information content (AvgIpc) is 3.02. The molecule has 102 valence electrons. The van der Waals surface area contributed by atoms with Crippen molar-refractivity contribution in [3.63, 3.8) is 0 Å². The van der Waals surface area contributed by atoms with Gasteiger partial charge < -0.3 is 19.3 Å². The Balaban J connectivity index is 1.89. The molecule has 2 heterocycles. The molecule has 0 aliphatic heterocycles. The van der Waals surface area contributed by atoms with Gasteiger partial charge in [0, 0.05) is 20.2 Å². The van der Waals surface area contributed by atoms with E-state index in [9.17, 15) is 0 Å². The molecular formula is C11H16N6O2. The van der Waals surface area contributed by atoms with Gasteiger partial charge in [-0.2, -0.15) is 4.98 Å². The summed E-state index contributed by atoms with van der Waals surface area (Å²) in [5.41, 5.74) is 0.832. The lowest BCUT2D eigenvalue weighted by Gasteiger charge is -2.20. The third-order valence-corrected chi connectivity index (χ3v) is 2.43. The first-order chi connectivity index (χ1) is 9.19. The molecule has 0 fully saturated rings. The second-order valence-electron chi connectivity index (χ2n) is 3.98. The minimum absolute atomic E-state index is 0.427. The highest BCUT2D eigenvalue weighted by molar-refractivity contribution is 5.79. The Morgan fingerprint density at radius 3 is 2.89 bits per heavy atom. The molecular weight excluding hydrogens is 248 g/mol. The molecule has 0 aliphatic carbocycles. The predicted octanol–water partition coefficient (Wildman–Crippen LogP) is 0.573. The van der Waals surface area contributed by atoms with Crippen LogP contribution in [0.1, 0.15) is 17.4 Å². The Labute approximate surface area is 110 Å². The van der Waals surface area contributed by atoms with E-state index in [1.807, 2.05) is 18.0 Å². The number of rotatable bonds is 4. The number of aliphatic imine (C=N–C) groups is 1. The molecule has 0 aromatic carbocycles. The summed E-state index contributed by atoms with van der Waals surface area (Å²) < 4.78 is 9.81. The van der Waals surface area contributed by atoms with E-state index in [0.717, 1.165) is 5.69 Å². The van der Waals surface area contributed by atoms with Crippen LogP contribution in [-0.4, -0.2) is 40.3 Å². The lowest BCUT2D eigenvalue weighted by atomic mass is 10.4.